The highest BCUT2D eigenvalue weighted by Gasteiger charge is 2.49. The smallest absolute Gasteiger partial charge is 0.236 e. The minimum absolute atomic E-state index is 0.0313. The van der Waals surface area contributed by atoms with Gasteiger partial charge >= 0.3 is 0 Å². The summed E-state index contributed by atoms with van der Waals surface area (Å²) in [4.78, 5) is 28.3. The highest BCUT2D eigenvalue weighted by Crippen LogP contribution is 2.45. The summed E-state index contributed by atoms with van der Waals surface area (Å²) in [6.07, 6.45) is 7.22. The van der Waals surface area contributed by atoms with Crippen LogP contribution in [0.15, 0.2) is 43.0 Å². The molecule has 2 unspecified atom stereocenters. The zero-order valence-corrected chi connectivity index (χ0v) is 15.9. The van der Waals surface area contributed by atoms with E-state index in [2.05, 4.69) is 18.7 Å². The average Bonchev–Trinajstić information content (AvgIpc) is 2.66. The summed E-state index contributed by atoms with van der Waals surface area (Å²) < 4.78 is 5.45. The number of likely N-dealkylation sites (tertiary alicyclic amines) is 1. The quantitative estimate of drug-likeness (QED) is 0.747. The molecule has 0 N–H and O–H groups in total. The van der Waals surface area contributed by atoms with Gasteiger partial charge in [-0.15, -0.1) is 6.58 Å². The van der Waals surface area contributed by atoms with Crippen molar-refractivity contribution < 1.29 is 14.3 Å². The first-order valence-corrected chi connectivity index (χ1v) is 10.3. The van der Waals surface area contributed by atoms with E-state index in [0.29, 0.717) is 19.1 Å². The van der Waals surface area contributed by atoms with E-state index in [9.17, 15) is 9.59 Å². The molecule has 4 heteroatoms. The lowest BCUT2D eigenvalue weighted by molar-refractivity contribution is -0.163. The molecule has 1 aromatic carbocycles. The first-order chi connectivity index (χ1) is 13.2. The van der Waals surface area contributed by atoms with Crippen molar-refractivity contribution >= 4 is 11.8 Å². The number of ether oxygens (including phenoxy) is 1. The van der Waals surface area contributed by atoms with E-state index in [0.717, 1.165) is 38.5 Å². The molecule has 3 aliphatic rings. The summed E-state index contributed by atoms with van der Waals surface area (Å²) in [5.41, 5.74) is 1.19. The van der Waals surface area contributed by atoms with Gasteiger partial charge in [0.15, 0.2) is 0 Å². The van der Waals surface area contributed by atoms with Crippen LogP contribution in [-0.4, -0.2) is 36.0 Å². The summed E-state index contributed by atoms with van der Waals surface area (Å²) in [5, 5.41) is 0. The van der Waals surface area contributed by atoms with E-state index in [-0.39, 0.29) is 35.6 Å². The number of benzene rings is 1. The first kappa shape index (κ1) is 18.4. The molecule has 1 saturated carbocycles. The van der Waals surface area contributed by atoms with Crippen LogP contribution in [-0.2, 0) is 20.7 Å². The van der Waals surface area contributed by atoms with Crippen LogP contribution in [0.3, 0.4) is 0 Å². The van der Waals surface area contributed by atoms with Gasteiger partial charge < -0.3 is 4.74 Å². The fourth-order valence-corrected chi connectivity index (χ4v) is 5.07. The van der Waals surface area contributed by atoms with Crippen LogP contribution in [0.5, 0.6) is 0 Å². The highest BCUT2D eigenvalue weighted by molar-refractivity contribution is 5.99. The molecule has 4 nitrogen and oxygen atoms in total. The van der Waals surface area contributed by atoms with E-state index >= 15 is 0 Å². The monoisotopic (exact) mass is 367 g/mol. The summed E-state index contributed by atoms with van der Waals surface area (Å²) in [6.45, 7) is 5.31. The van der Waals surface area contributed by atoms with Crippen molar-refractivity contribution in [2.75, 3.05) is 13.2 Å². The largest absolute Gasteiger partial charge is 0.381 e. The molecule has 27 heavy (non-hydrogen) atoms. The number of piperidine rings is 1. The minimum atomic E-state index is -0.284. The van der Waals surface area contributed by atoms with Crippen molar-refractivity contribution in [1.82, 2.24) is 4.90 Å². The first-order valence-electron chi connectivity index (χ1n) is 10.3. The molecule has 0 bridgehead atoms. The van der Waals surface area contributed by atoms with E-state index in [1.165, 1.54) is 5.56 Å². The lowest BCUT2D eigenvalue weighted by atomic mass is 9.66. The van der Waals surface area contributed by atoms with Crippen LogP contribution < -0.4 is 0 Å². The van der Waals surface area contributed by atoms with Gasteiger partial charge in [-0.05, 0) is 55.9 Å². The Hall–Kier alpha value is -1.94. The van der Waals surface area contributed by atoms with Gasteiger partial charge in [-0.1, -0.05) is 36.4 Å². The van der Waals surface area contributed by atoms with E-state index in [1.807, 2.05) is 18.2 Å². The number of hydrogen-bond acceptors (Lipinski definition) is 3. The molecule has 2 amide bonds. The third-order valence-corrected chi connectivity index (χ3v) is 6.78. The maximum Gasteiger partial charge on any atom is 0.236 e. The number of rotatable bonds is 5. The van der Waals surface area contributed by atoms with Gasteiger partial charge in [0.25, 0.3) is 0 Å². The topological polar surface area (TPSA) is 46.6 Å². The van der Waals surface area contributed by atoms with Crippen LogP contribution in [0, 0.1) is 23.7 Å². The summed E-state index contributed by atoms with van der Waals surface area (Å²) >= 11 is 0. The molecule has 0 aromatic heterocycles. The summed E-state index contributed by atoms with van der Waals surface area (Å²) in [5.74, 6) is 0.484. The summed E-state index contributed by atoms with van der Waals surface area (Å²) in [6, 6.07) is 10.2. The fraction of sp³-hybridized carbons (Fsp3) is 0.565. The Balaban J connectivity index is 1.57. The van der Waals surface area contributed by atoms with Gasteiger partial charge in [-0.25, -0.2) is 0 Å². The molecule has 1 aromatic rings. The predicted octanol–water partition coefficient (Wildman–Crippen LogP) is 3.61. The molecule has 3 fully saturated rings. The number of carbonyl (C=O) groups excluding carboxylic acids is 2. The molecule has 2 heterocycles. The minimum Gasteiger partial charge on any atom is -0.381 e. The molecule has 144 valence electrons. The number of hydrogen-bond donors (Lipinski definition) is 0. The average molecular weight is 367 g/mol. The van der Waals surface area contributed by atoms with Gasteiger partial charge in [0.05, 0.1) is 5.92 Å². The fourth-order valence-electron chi connectivity index (χ4n) is 5.07. The number of fused-ring (bicyclic) bond motifs is 1. The van der Waals surface area contributed by atoms with Crippen molar-refractivity contribution in [3.63, 3.8) is 0 Å². The van der Waals surface area contributed by atoms with Crippen LogP contribution in [0.25, 0.3) is 0 Å². The van der Waals surface area contributed by atoms with Crippen LogP contribution in [0.2, 0.25) is 0 Å². The van der Waals surface area contributed by atoms with E-state index < -0.39 is 0 Å². The second kappa shape index (κ2) is 7.97. The summed E-state index contributed by atoms with van der Waals surface area (Å²) in [7, 11) is 0. The van der Waals surface area contributed by atoms with Crippen molar-refractivity contribution in [1.29, 1.82) is 0 Å². The van der Waals surface area contributed by atoms with Gasteiger partial charge in [0.2, 0.25) is 11.8 Å². The highest BCUT2D eigenvalue weighted by atomic mass is 16.5. The molecule has 0 spiro atoms. The van der Waals surface area contributed by atoms with Crippen molar-refractivity contribution in [2.24, 2.45) is 23.7 Å². The standard InChI is InChI=1S/C23H29NO3/c1-2-20(17-10-12-27-13-11-17)22(25)24-19(14-16-6-4-3-5-7-16)15-18-8-9-21(18)23(24)26/h2-7,17-21H,1,8-15H2/t18?,19-,20-,21?/m1/s1. The number of imide groups is 1. The van der Waals surface area contributed by atoms with Crippen LogP contribution >= 0.6 is 0 Å². The van der Waals surface area contributed by atoms with Gasteiger partial charge in [0, 0.05) is 25.2 Å². The maximum atomic E-state index is 13.5. The zero-order valence-electron chi connectivity index (χ0n) is 15.9. The molecule has 0 radical (unpaired) electrons. The molecule has 1 aliphatic carbocycles. The maximum absolute atomic E-state index is 13.5. The second-order valence-corrected chi connectivity index (χ2v) is 8.28. The molecular formula is C23H29NO3. The Labute approximate surface area is 161 Å². The van der Waals surface area contributed by atoms with Crippen molar-refractivity contribution in [3.05, 3.63) is 48.6 Å². The normalized spacial score (nSPS) is 29.6. The Morgan fingerprint density at radius 1 is 1.19 bits per heavy atom. The lowest BCUT2D eigenvalue weighted by Gasteiger charge is -2.49. The molecule has 2 aliphatic heterocycles. The Morgan fingerprint density at radius 2 is 1.93 bits per heavy atom. The molecule has 4 atom stereocenters. The second-order valence-electron chi connectivity index (χ2n) is 8.28. The third kappa shape index (κ3) is 3.60. The SMILES string of the molecule is C=C[C@@H](C(=O)N1C(=O)C2CCC2C[C@H]1Cc1ccccc1)C1CCOCC1. The lowest BCUT2D eigenvalue weighted by Crippen LogP contribution is -2.59. The molecule has 2 saturated heterocycles. The third-order valence-electron chi connectivity index (χ3n) is 6.78. The van der Waals surface area contributed by atoms with Gasteiger partial charge in [0.1, 0.15) is 0 Å². The zero-order chi connectivity index (χ0) is 18.8. The van der Waals surface area contributed by atoms with E-state index in [4.69, 9.17) is 4.74 Å². The Morgan fingerprint density at radius 3 is 2.56 bits per heavy atom. The predicted molar refractivity (Wildman–Crippen MR) is 104 cm³/mol. The van der Waals surface area contributed by atoms with Gasteiger partial charge in [-0.2, -0.15) is 0 Å². The van der Waals surface area contributed by atoms with Crippen LogP contribution in [0.4, 0.5) is 0 Å². The van der Waals surface area contributed by atoms with Crippen LogP contribution in [0.1, 0.15) is 37.7 Å². The number of carbonyl (C=O) groups is 2. The number of amides is 2. The number of nitrogens with zero attached hydrogens (tertiary/aromatic N) is 1. The van der Waals surface area contributed by atoms with Gasteiger partial charge in [-0.3, -0.25) is 14.5 Å². The Kier molecular flexibility index (Phi) is 5.44. The Bertz CT molecular complexity index is 695. The van der Waals surface area contributed by atoms with Crippen molar-refractivity contribution in [3.8, 4) is 0 Å². The molecule has 4 rings (SSSR count). The molecular weight excluding hydrogens is 338 g/mol. The van der Waals surface area contributed by atoms with Crippen molar-refractivity contribution in [2.45, 2.75) is 44.6 Å². The van der Waals surface area contributed by atoms with E-state index in [1.54, 1.807) is 11.0 Å².